The number of phosphoric acid groups is 1. The maximum Gasteiger partial charge on any atom is 0.469 e. The quantitative estimate of drug-likeness (QED) is 0.555. The molecule has 132 valence electrons. The number of ether oxygens (including phenoxy) is 1. The third-order valence-corrected chi connectivity index (χ3v) is 4.35. The van der Waals surface area contributed by atoms with Gasteiger partial charge in [-0.05, 0) is 13.0 Å². The summed E-state index contributed by atoms with van der Waals surface area (Å²) in [4.78, 5) is 25.6. The first-order valence-electron chi connectivity index (χ1n) is 6.91. The molecule has 0 unspecified atom stereocenters. The Bertz CT molecular complexity index is 808. The van der Waals surface area contributed by atoms with Gasteiger partial charge in [0, 0.05) is 6.20 Å². The van der Waals surface area contributed by atoms with Gasteiger partial charge in [-0.15, -0.1) is 0 Å². The molecule has 0 radical (unpaired) electrons. The number of aromatic nitrogens is 3. The van der Waals surface area contributed by atoms with Crippen molar-refractivity contribution < 1.29 is 33.1 Å². The van der Waals surface area contributed by atoms with Gasteiger partial charge in [-0.25, -0.2) is 18.9 Å². The molecule has 0 saturated carbocycles. The lowest BCUT2D eigenvalue weighted by atomic mass is 9.98. The van der Waals surface area contributed by atoms with Crippen LogP contribution in [0.15, 0.2) is 18.6 Å². The van der Waals surface area contributed by atoms with Crippen LogP contribution in [0.5, 0.6) is 0 Å². The van der Waals surface area contributed by atoms with Crippen molar-refractivity contribution in [3.05, 3.63) is 18.6 Å². The number of hydrogen-bond acceptors (Lipinski definition) is 7. The number of rotatable bonds is 4. The summed E-state index contributed by atoms with van der Waals surface area (Å²) in [6.45, 7) is 0.432. The van der Waals surface area contributed by atoms with Gasteiger partial charge in [0.15, 0.2) is 17.5 Å². The number of nitrogen functional groups attached to an aromatic ring is 1. The predicted molar refractivity (Wildman–Crippen MR) is 79.4 cm³/mol. The Balaban J connectivity index is 1.92. The number of halogens is 1. The average Bonchev–Trinajstić information content (AvgIpc) is 2.99. The van der Waals surface area contributed by atoms with Gasteiger partial charge >= 0.3 is 7.82 Å². The van der Waals surface area contributed by atoms with E-state index in [0.29, 0.717) is 11.2 Å². The molecule has 2 aromatic rings. The van der Waals surface area contributed by atoms with E-state index in [9.17, 15) is 14.1 Å². The number of anilines is 1. The zero-order valence-corrected chi connectivity index (χ0v) is 13.4. The van der Waals surface area contributed by atoms with Crippen molar-refractivity contribution in [2.24, 2.45) is 0 Å². The minimum atomic E-state index is -4.77. The summed E-state index contributed by atoms with van der Waals surface area (Å²) in [5, 5.41) is 10.1. The van der Waals surface area contributed by atoms with Crippen LogP contribution < -0.4 is 5.73 Å². The SMILES string of the molecule is C[C@@]1(F)[C@H](O)[C@@H](COP(=O)(O)O)O[C@H]1n1cnc2c(N)ccnc21. The Morgan fingerprint density at radius 1 is 1.54 bits per heavy atom. The number of alkyl halides is 1. The van der Waals surface area contributed by atoms with Crippen LogP contribution in [0.3, 0.4) is 0 Å². The van der Waals surface area contributed by atoms with Crippen LogP contribution in [-0.4, -0.2) is 53.9 Å². The zero-order chi connectivity index (χ0) is 17.7. The van der Waals surface area contributed by atoms with E-state index in [2.05, 4.69) is 14.5 Å². The molecule has 10 nitrogen and oxygen atoms in total. The summed E-state index contributed by atoms with van der Waals surface area (Å²) < 4.78 is 36.8. The molecule has 3 heterocycles. The Morgan fingerprint density at radius 3 is 2.92 bits per heavy atom. The van der Waals surface area contributed by atoms with Gasteiger partial charge in [0.1, 0.15) is 17.7 Å². The fourth-order valence-corrected chi connectivity index (χ4v) is 2.99. The molecule has 4 atom stereocenters. The molecule has 0 aromatic carbocycles. The third-order valence-electron chi connectivity index (χ3n) is 3.87. The van der Waals surface area contributed by atoms with Crippen LogP contribution in [0.25, 0.3) is 11.2 Å². The molecule has 0 spiro atoms. The molecule has 2 aromatic heterocycles. The van der Waals surface area contributed by atoms with Gasteiger partial charge in [0.05, 0.1) is 18.6 Å². The van der Waals surface area contributed by atoms with E-state index in [0.717, 1.165) is 6.92 Å². The molecular weight excluding hydrogens is 346 g/mol. The normalized spacial score (nSPS) is 31.0. The summed E-state index contributed by atoms with van der Waals surface area (Å²) in [6, 6.07) is 1.54. The number of pyridine rings is 1. The molecule has 1 fully saturated rings. The Kier molecular flexibility index (Phi) is 4.11. The molecule has 1 saturated heterocycles. The van der Waals surface area contributed by atoms with Crippen molar-refractivity contribution in [1.82, 2.24) is 14.5 Å². The van der Waals surface area contributed by atoms with E-state index in [1.807, 2.05) is 0 Å². The number of aliphatic hydroxyl groups is 1. The van der Waals surface area contributed by atoms with Crippen molar-refractivity contribution in [2.45, 2.75) is 31.0 Å². The minimum absolute atomic E-state index is 0.257. The van der Waals surface area contributed by atoms with Gasteiger partial charge < -0.3 is 25.4 Å². The summed E-state index contributed by atoms with van der Waals surface area (Å²) in [5.41, 5.74) is 4.46. The van der Waals surface area contributed by atoms with E-state index in [4.69, 9.17) is 20.3 Å². The van der Waals surface area contributed by atoms with Crippen molar-refractivity contribution >= 4 is 24.7 Å². The number of phosphoric ester groups is 1. The number of nitrogens with two attached hydrogens (primary N) is 1. The highest BCUT2D eigenvalue weighted by molar-refractivity contribution is 7.46. The van der Waals surface area contributed by atoms with Crippen LogP contribution in [0.1, 0.15) is 13.2 Å². The van der Waals surface area contributed by atoms with Gasteiger partial charge in [0.25, 0.3) is 0 Å². The summed E-state index contributed by atoms with van der Waals surface area (Å²) in [5.74, 6) is 0. The number of nitrogens with zero attached hydrogens (tertiary/aromatic N) is 3. The average molecular weight is 362 g/mol. The highest BCUT2D eigenvalue weighted by atomic mass is 31.2. The Labute approximate surface area is 135 Å². The van der Waals surface area contributed by atoms with Crippen LogP contribution >= 0.6 is 7.82 Å². The molecule has 0 amide bonds. The number of imidazole rings is 1. The van der Waals surface area contributed by atoms with E-state index < -0.39 is 38.5 Å². The van der Waals surface area contributed by atoms with E-state index in [1.54, 1.807) is 0 Å². The first-order valence-corrected chi connectivity index (χ1v) is 8.44. The molecule has 3 rings (SSSR count). The largest absolute Gasteiger partial charge is 0.469 e. The van der Waals surface area contributed by atoms with Crippen LogP contribution in [0.2, 0.25) is 0 Å². The molecule has 0 bridgehead atoms. The summed E-state index contributed by atoms with van der Waals surface area (Å²) in [7, 11) is -4.77. The summed E-state index contributed by atoms with van der Waals surface area (Å²) in [6.07, 6.45) is -1.58. The Hall–Kier alpha value is -1.62. The fraction of sp³-hybridized carbons (Fsp3) is 0.500. The maximum atomic E-state index is 15.0. The standard InChI is InChI=1S/C12H16FN4O6P/c1-12(13)9(18)7(4-22-24(19,20)21)23-11(12)17-5-16-8-6(14)2-3-15-10(8)17/h2-3,5,7,9,11,18H,4H2,1H3,(H2,14,15)(H2,19,20,21)/t7-,9-,11-,12-/m1/s1. The number of hydrogen-bond donors (Lipinski definition) is 4. The van der Waals surface area contributed by atoms with Crippen molar-refractivity contribution in [3.63, 3.8) is 0 Å². The summed E-state index contributed by atoms with van der Waals surface area (Å²) >= 11 is 0. The van der Waals surface area contributed by atoms with Crippen molar-refractivity contribution in [3.8, 4) is 0 Å². The van der Waals surface area contributed by atoms with Crippen molar-refractivity contribution in [2.75, 3.05) is 12.3 Å². The molecule has 1 aliphatic heterocycles. The molecular formula is C12H16FN4O6P. The van der Waals surface area contributed by atoms with Gasteiger partial charge in [-0.1, -0.05) is 0 Å². The van der Waals surface area contributed by atoms with Crippen molar-refractivity contribution in [1.29, 1.82) is 0 Å². The zero-order valence-electron chi connectivity index (χ0n) is 12.5. The lowest BCUT2D eigenvalue weighted by Crippen LogP contribution is -2.40. The molecule has 12 heteroatoms. The minimum Gasteiger partial charge on any atom is -0.397 e. The third kappa shape index (κ3) is 2.90. The monoisotopic (exact) mass is 362 g/mol. The molecule has 24 heavy (non-hydrogen) atoms. The van der Waals surface area contributed by atoms with Gasteiger partial charge in [-0.3, -0.25) is 9.09 Å². The Morgan fingerprint density at radius 2 is 2.25 bits per heavy atom. The lowest BCUT2D eigenvalue weighted by molar-refractivity contribution is -0.0560. The van der Waals surface area contributed by atoms with Crippen LogP contribution in [0, 0.1) is 0 Å². The first-order chi connectivity index (χ1) is 11.1. The number of fused-ring (bicyclic) bond motifs is 1. The molecule has 5 N–H and O–H groups in total. The molecule has 1 aliphatic rings. The van der Waals surface area contributed by atoms with E-state index in [1.165, 1.54) is 23.2 Å². The van der Waals surface area contributed by atoms with Gasteiger partial charge in [-0.2, -0.15) is 0 Å². The van der Waals surface area contributed by atoms with E-state index in [-0.39, 0.29) is 5.65 Å². The topological polar surface area (TPSA) is 153 Å². The first kappa shape index (κ1) is 17.2. The predicted octanol–water partition coefficient (Wildman–Crippen LogP) is 0.109. The second kappa shape index (κ2) is 5.73. The smallest absolute Gasteiger partial charge is 0.397 e. The number of aliphatic hydroxyl groups excluding tert-OH is 1. The highest BCUT2D eigenvalue weighted by Gasteiger charge is 2.55. The highest BCUT2D eigenvalue weighted by Crippen LogP contribution is 2.44. The lowest BCUT2D eigenvalue weighted by Gasteiger charge is -2.24. The van der Waals surface area contributed by atoms with Crippen LogP contribution in [0.4, 0.5) is 10.1 Å². The second-order valence-electron chi connectivity index (χ2n) is 5.63. The van der Waals surface area contributed by atoms with Gasteiger partial charge in [0.2, 0.25) is 0 Å². The maximum absolute atomic E-state index is 15.0. The fourth-order valence-electron chi connectivity index (χ4n) is 2.65. The molecule has 0 aliphatic carbocycles. The van der Waals surface area contributed by atoms with E-state index >= 15 is 0 Å². The van der Waals surface area contributed by atoms with Crippen LogP contribution in [-0.2, 0) is 13.8 Å². The second-order valence-corrected chi connectivity index (χ2v) is 6.87.